The molecule has 0 saturated heterocycles. The topological polar surface area (TPSA) is 92.4 Å². The van der Waals surface area contributed by atoms with Crippen LogP contribution in [0.5, 0.6) is 0 Å². The Hall–Kier alpha value is -1.10. The molecular formula is C7H14N2O3. The molecule has 0 aliphatic heterocycles. The van der Waals surface area contributed by atoms with E-state index in [1.54, 1.807) is 6.92 Å². The maximum absolute atomic E-state index is 10.8. The second kappa shape index (κ2) is 5.54. The molecule has 2 amide bonds. The molecule has 0 saturated carbocycles. The molecule has 0 fully saturated rings. The lowest BCUT2D eigenvalue weighted by Gasteiger charge is -2.03. The van der Waals surface area contributed by atoms with Crippen molar-refractivity contribution in [2.45, 2.75) is 25.9 Å². The highest BCUT2D eigenvalue weighted by molar-refractivity contribution is 5.83. The Morgan fingerprint density at radius 2 is 2.17 bits per heavy atom. The zero-order chi connectivity index (χ0) is 9.56. The smallest absolute Gasteiger partial charge is 0.236 e. The molecular weight excluding hydrogens is 160 g/mol. The Labute approximate surface area is 70.9 Å². The van der Waals surface area contributed by atoms with E-state index >= 15 is 0 Å². The van der Waals surface area contributed by atoms with Crippen LogP contribution in [-0.2, 0) is 9.59 Å². The number of nitrogens with two attached hydrogens (primary N) is 1. The summed E-state index contributed by atoms with van der Waals surface area (Å²) < 4.78 is 0. The Kier molecular flexibility index (Phi) is 5.03. The van der Waals surface area contributed by atoms with Crippen molar-refractivity contribution in [1.82, 2.24) is 5.32 Å². The van der Waals surface area contributed by atoms with Crippen LogP contribution in [0.1, 0.15) is 19.8 Å². The molecule has 0 heterocycles. The number of aliphatic hydroxyl groups excluding tert-OH is 1. The van der Waals surface area contributed by atoms with Crippen molar-refractivity contribution in [3.8, 4) is 0 Å². The number of amides is 2. The van der Waals surface area contributed by atoms with E-state index in [0.717, 1.165) is 0 Å². The minimum Gasteiger partial charge on any atom is -0.393 e. The normalized spacial score (nSPS) is 12.2. The van der Waals surface area contributed by atoms with Gasteiger partial charge in [-0.25, -0.2) is 0 Å². The van der Waals surface area contributed by atoms with Crippen LogP contribution in [0.25, 0.3) is 0 Å². The lowest BCUT2D eigenvalue weighted by Crippen LogP contribution is -2.33. The largest absolute Gasteiger partial charge is 0.393 e. The van der Waals surface area contributed by atoms with Gasteiger partial charge in [-0.1, -0.05) is 0 Å². The molecule has 70 valence electrons. The summed E-state index contributed by atoms with van der Waals surface area (Å²) in [5.41, 5.74) is 4.79. The fraction of sp³-hybridized carbons (Fsp3) is 0.714. The van der Waals surface area contributed by atoms with Crippen LogP contribution in [-0.4, -0.2) is 29.6 Å². The van der Waals surface area contributed by atoms with Crippen LogP contribution in [0.2, 0.25) is 0 Å². The van der Waals surface area contributed by atoms with Crippen molar-refractivity contribution < 1.29 is 14.7 Å². The van der Waals surface area contributed by atoms with Crippen molar-refractivity contribution in [3.05, 3.63) is 0 Å². The molecule has 0 aromatic heterocycles. The number of aliphatic hydroxyl groups is 1. The summed E-state index contributed by atoms with van der Waals surface area (Å²) >= 11 is 0. The second-order valence-corrected chi connectivity index (χ2v) is 2.63. The van der Waals surface area contributed by atoms with Gasteiger partial charge in [-0.2, -0.15) is 0 Å². The molecule has 0 radical (unpaired) electrons. The molecule has 12 heavy (non-hydrogen) atoms. The summed E-state index contributed by atoms with van der Waals surface area (Å²) in [5.74, 6) is -0.838. The molecule has 0 aromatic rings. The molecule has 0 spiro atoms. The number of carbonyl (C=O) groups is 2. The van der Waals surface area contributed by atoms with Gasteiger partial charge in [0.05, 0.1) is 12.6 Å². The quantitative estimate of drug-likeness (QED) is 0.486. The first-order valence-corrected chi connectivity index (χ1v) is 3.75. The van der Waals surface area contributed by atoms with Gasteiger partial charge in [0.1, 0.15) is 0 Å². The van der Waals surface area contributed by atoms with Gasteiger partial charge in [0.2, 0.25) is 11.8 Å². The van der Waals surface area contributed by atoms with E-state index in [4.69, 9.17) is 10.8 Å². The predicted molar refractivity (Wildman–Crippen MR) is 43.1 cm³/mol. The summed E-state index contributed by atoms with van der Waals surface area (Å²) in [6, 6.07) is 0. The SMILES string of the molecule is CC(O)CCC(=O)NCC(N)=O. The minimum atomic E-state index is -0.569. The predicted octanol–water partition coefficient (Wildman–Crippen LogP) is -1.25. The second-order valence-electron chi connectivity index (χ2n) is 2.63. The Bertz CT molecular complexity index is 168. The Balaban J connectivity index is 3.40. The first-order valence-electron chi connectivity index (χ1n) is 3.75. The summed E-state index contributed by atoms with van der Waals surface area (Å²) in [4.78, 5) is 21.0. The maximum atomic E-state index is 10.8. The molecule has 0 rings (SSSR count). The molecule has 1 atom stereocenters. The first-order chi connectivity index (χ1) is 5.52. The van der Waals surface area contributed by atoms with E-state index in [9.17, 15) is 9.59 Å². The van der Waals surface area contributed by atoms with Gasteiger partial charge in [0.25, 0.3) is 0 Å². The van der Waals surface area contributed by atoms with Gasteiger partial charge in [-0.05, 0) is 13.3 Å². The molecule has 0 aromatic carbocycles. The van der Waals surface area contributed by atoms with Gasteiger partial charge >= 0.3 is 0 Å². The molecule has 1 unspecified atom stereocenters. The number of nitrogens with one attached hydrogen (secondary N) is 1. The maximum Gasteiger partial charge on any atom is 0.236 e. The summed E-state index contributed by atoms with van der Waals surface area (Å²) in [7, 11) is 0. The van der Waals surface area contributed by atoms with Crippen LogP contribution >= 0.6 is 0 Å². The van der Waals surface area contributed by atoms with E-state index < -0.39 is 12.0 Å². The molecule has 0 aliphatic rings. The van der Waals surface area contributed by atoms with E-state index in [0.29, 0.717) is 6.42 Å². The van der Waals surface area contributed by atoms with E-state index in [1.165, 1.54) is 0 Å². The van der Waals surface area contributed by atoms with Crippen LogP contribution in [0.15, 0.2) is 0 Å². The number of carbonyl (C=O) groups excluding carboxylic acids is 2. The zero-order valence-corrected chi connectivity index (χ0v) is 7.04. The van der Waals surface area contributed by atoms with E-state index in [-0.39, 0.29) is 18.9 Å². The third kappa shape index (κ3) is 7.01. The number of hydrogen-bond acceptors (Lipinski definition) is 3. The van der Waals surface area contributed by atoms with Crippen molar-refractivity contribution >= 4 is 11.8 Å². The van der Waals surface area contributed by atoms with Crippen LogP contribution < -0.4 is 11.1 Å². The third-order valence-electron chi connectivity index (χ3n) is 1.25. The highest BCUT2D eigenvalue weighted by Gasteiger charge is 2.04. The molecule has 4 N–H and O–H groups in total. The first kappa shape index (κ1) is 10.9. The van der Waals surface area contributed by atoms with Gasteiger partial charge in [0, 0.05) is 6.42 Å². The Morgan fingerprint density at radius 3 is 2.58 bits per heavy atom. The van der Waals surface area contributed by atoms with Crippen molar-refractivity contribution in [1.29, 1.82) is 0 Å². The van der Waals surface area contributed by atoms with Gasteiger partial charge in [-0.3, -0.25) is 9.59 Å². The summed E-state index contributed by atoms with van der Waals surface area (Å²) in [5, 5.41) is 11.1. The number of primary amides is 1. The standard InChI is InChI=1S/C7H14N2O3/c1-5(10)2-3-7(12)9-4-6(8)11/h5,10H,2-4H2,1H3,(H2,8,11)(H,9,12). The Morgan fingerprint density at radius 1 is 1.58 bits per heavy atom. The third-order valence-corrected chi connectivity index (χ3v) is 1.25. The number of hydrogen-bond donors (Lipinski definition) is 3. The van der Waals surface area contributed by atoms with Gasteiger partial charge < -0.3 is 16.2 Å². The molecule has 0 aliphatic carbocycles. The zero-order valence-electron chi connectivity index (χ0n) is 7.04. The highest BCUT2D eigenvalue weighted by Crippen LogP contribution is 1.94. The van der Waals surface area contributed by atoms with Crippen molar-refractivity contribution in [3.63, 3.8) is 0 Å². The van der Waals surface area contributed by atoms with Crippen molar-refractivity contribution in [2.24, 2.45) is 5.73 Å². The average Bonchev–Trinajstić information content (AvgIpc) is 1.96. The summed E-state index contributed by atoms with van der Waals surface area (Å²) in [6.45, 7) is 1.46. The van der Waals surface area contributed by atoms with E-state index in [1.807, 2.05) is 0 Å². The molecule has 0 bridgehead atoms. The lowest BCUT2D eigenvalue weighted by molar-refractivity contribution is -0.125. The van der Waals surface area contributed by atoms with E-state index in [2.05, 4.69) is 5.32 Å². The fourth-order valence-electron chi connectivity index (χ4n) is 0.614. The van der Waals surface area contributed by atoms with Crippen molar-refractivity contribution in [2.75, 3.05) is 6.54 Å². The summed E-state index contributed by atoms with van der Waals surface area (Å²) in [6.07, 6.45) is 0.111. The van der Waals surface area contributed by atoms with Crippen LogP contribution in [0.3, 0.4) is 0 Å². The monoisotopic (exact) mass is 174 g/mol. The van der Waals surface area contributed by atoms with Crippen LogP contribution in [0, 0.1) is 0 Å². The molecule has 5 nitrogen and oxygen atoms in total. The van der Waals surface area contributed by atoms with Gasteiger partial charge in [0.15, 0.2) is 0 Å². The highest BCUT2D eigenvalue weighted by atomic mass is 16.3. The minimum absolute atomic E-state index is 0.140. The van der Waals surface area contributed by atoms with Gasteiger partial charge in [-0.15, -0.1) is 0 Å². The number of rotatable bonds is 5. The van der Waals surface area contributed by atoms with Crippen LogP contribution in [0.4, 0.5) is 0 Å². The fourth-order valence-corrected chi connectivity index (χ4v) is 0.614. The lowest BCUT2D eigenvalue weighted by atomic mass is 10.2. The molecule has 5 heteroatoms. The average molecular weight is 174 g/mol.